The van der Waals surface area contributed by atoms with Gasteiger partial charge in [-0.05, 0) is 61.7 Å². The van der Waals surface area contributed by atoms with Crippen LogP contribution in [-0.2, 0) is 13.0 Å². The molecule has 0 bridgehead atoms. The lowest BCUT2D eigenvalue weighted by atomic mass is 10.1. The Kier molecular flexibility index (Phi) is 6.36. The number of benzene rings is 2. The third-order valence-electron chi connectivity index (χ3n) is 5.45. The molecule has 0 saturated heterocycles. The second-order valence-electron chi connectivity index (χ2n) is 7.55. The average Bonchev–Trinajstić information content (AvgIpc) is 3.42. The van der Waals surface area contributed by atoms with E-state index in [4.69, 9.17) is 14.1 Å². The van der Waals surface area contributed by atoms with E-state index in [1.165, 1.54) is 17.4 Å². The van der Waals surface area contributed by atoms with Crippen molar-refractivity contribution < 1.29 is 13.9 Å². The lowest BCUT2D eigenvalue weighted by Crippen LogP contribution is -2.26. The van der Waals surface area contributed by atoms with Crippen LogP contribution in [0.15, 0.2) is 65.3 Å². The molecule has 160 valence electrons. The minimum atomic E-state index is -0.213. The van der Waals surface area contributed by atoms with Gasteiger partial charge in [-0.15, -0.1) is 0 Å². The number of rotatable bonds is 9. The SMILES string of the molecule is Cc1cccc(OCCCn2c(CCNC(=O)c3ccco3)nc3ccccc32)c1C. The molecule has 2 aromatic heterocycles. The van der Waals surface area contributed by atoms with Gasteiger partial charge in [-0.3, -0.25) is 4.79 Å². The third-order valence-corrected chi connectivity index (χ3v) is 5.45. The van der Waals surface area contributed by atoms with Crippen molar-refractivity contribution in [3.05, 3.63) is 83.6 Å². The first kappa shape index (κ1) is 20.7. The van der Waals surface area contributed by atoms with Crippen LogP contribution in [0.3, 0.4) is 0 Å². The Labute approximate surface area is 181 Å². The van der Waals surface area contributed by atoms with E-state index in [0.29, 0.717) is 25.3 Å². The van der Waals surface area contributed by atoms with Crippen LogP contribution in [0.4, 0.5) is 0 Å². The van der Waals surface area contributed by atoms with Crippen LogP contribution in [0.2, 0.25) is 0 Å². The van der Waals surface area contributed by atoms with E-state index in [-0.39, 0.29) is 5.91 Å². The fourth-order valence-electron chi connectivity index (χ4n) is 3.63. The highest BCUT2D eigenvalue weighted by atomic mass is 16.5. The summed E-state index contributed by atoms with van der Waals surface area (Å²) in [5.41, 5.74) is 4.48. The van der Waals surface area contributed by atoms with Crippen LogP contribution in [0, 0.1) is 13.8 Å². The zero-order valence-electron chi connectivity index (χ0n) is 17.9. The van der Waals surface area contributed by atoms with Crippen molar-refractivity contribution in [3.8, 4) is 5.75 Å². The topological polar surface area (TPSA) is 69.3 Å². The number of carbonyl (C=O) groups is 1. The van der Waals surface area contributed by atoms with Gasteiger partial charge in [0.15, 0.2) is 5.76 Å². The van der Waals surface area contributed by atoms with Crippen LogP contribution in [0.25, 0.3) is 11.0 Å². The predicted octanol–water partition coefficient (Wildman–Crippen LogP) is 4.69. The molecule has 0 aliphatic heterocycles. The van der Waals surface area contributed by atoms with Crippen LogP contribution in [0.5, 0.6) is 5.75 Å². The fourth-order valence-corrected chi connectivity index (χ4v) is 3.63. The standard InChI is InChI=1S/C25H27N3O3/c1-18-8-5-11-22(19(18)2)30-17-7-15-28-21-10-4-3-9-20(21)27-24(28)13-14-26-25(29)23-12-6-16-31-23/h3-6,8-12,16H,7,13-15,17H2,1-2H3,(H,26,29). The molecule has 0 spiro atoms. The molecular weight excluding hydrogens is 390 g/mol. The first-order valence-electron chi connectivity index (χ1n) is 10.6. The number of fused-ring (bicyclic) bond motifs is 1. The molecule has 0 aliphatic carbocycles. The van der Waals surface area contributed by atoms with E-state index >= 15 is 0 Å². The summed E-state index contributed by atoms with van der Waals surface area (Å²) < 4.78 is 13.4. The van der Waals surface area contributed by atoms with E-state index in [0.717, 1.165) is 35.6 Å². The van der Waals surface area contributed by atoms with Crippen LogP contribution < -0.4 is 10.1 Å². The van der Waals surface area contributed by atoms with Gasteiger partial charge in [0.2, 0.25) is 0 Å². The third kappa shape index (κ3) is 4.79. The summed E-state index contributed by atoms with van der Waals surface area (Å²) in [5, 5.41) is 2.89. The van der Waals surface area contributed by atoms with E-state index in [9.17, 15) is 4.79 Å². The van der Waals surface area contributed by atoms with E-state index in [2.05, 4.69) is 35.9 Å². The second kappa shape index (κ2) is 9.51. The molecule has 0 unspecified atom stereocenters. The van der Waals surface area contributed by atoms with Crippen molar-refractivity contribution in [1.29, 1.82) is 0 Å². The molecule has 0 saturated carbocycles. The molecule has 0 atom stereocenters. The van der Waals surface area contributed by atoms with Crippen molar-refractivity contribution in [2.45, 2.75) is 33.2 Å². The highest BCUT2D eigenvalue weighted by molar-refractivity contribution is 5.91. The van der Waals surface area contributed by atoms with Gasteiger partial charge >= 0.3 is 0 Å². The number of aromatic nitrogens is 2. The molecule has 31 heavy (non-hydrogen) atoms. The monoisotopic (exact) mass is 417 g/mol. The Morgan fingerprint density at radius 3 is 2.81 bits per heavy atom. The lowest BCUT2D eigenvalue weighted by molar-refractivity contribution is 0.0926. The highest BCUT2D eigenvalue weighted by Gasteiger charge is 2.12. The second-order valence-corrected chi connectivity index (χ2v) is 7.55. The summed E-state index contributed by atoms with van der Waals surface area (Å²) in [7, 11) is 0. The maximum atomic E-state index is 12.1. The van der Waals surface area contributed by atoms with Gasteiger partial charge in [-0.25, -0.2) is 4.98 Å². The Bertz CT molecular complexity index is 1160. The van der Waals surface area contributed by atoms with Crippen LogP contribution in [0.1, 0.15) is 33.9 Å². The molecule has 0 radical (unpaired) electrons. The zero-order chi connectivity index (χ0) is 21.6. The number of nitrogens with one attached hydrogen (secondary N) is 1. The smallest absolute Gasteiger partial charge is 0.286 e. The number of nitrogens with zero attached hydrogens (tertiary/aromatic N) is 2. The fraction of sp³-hybridized carbons (Fsp3) is 0.280. The summed E-state index contributed by atoms with van der Waals surface area (Å²) in [4.78, 5) is 16.9. The molecule has 2 heterocycles. The van der Waals surface area contributed by atoms with E-state index in [1.807, 2.05) is 30.3 Å². The normalized spacial score (nSPS) is 11.0. The van der Waals surface area contributed by atoms with Gasteiger partial charge in [-0.2, -0.15) is 0 Å². The number of aryl methyl sites for hydroxylation is 2. The Hall–Kier alpha value is -3.54. The van der Waals surface area contributed by atoms with E-state index < -0.39 is 0 Å². The molecule has 2 aromatic carbocycles. The number of hydrogen-bond acceptors (Lipinski definition) is 4. The molecule has 6 heteroatoms. The number of hydrogen-bond donors (Lipinski definition) is 1. The maximum Gasteiger partial charge on any atom is 0.286 e. The highest BCUT2D eigenvalue weighted by Crippen LogP contribution is 2.21. The molecular formula is C25H27N3O3. The van der Waals surface area contributed by atoms with Crippen molar-refractivity contribution in [2.24, 2.45) is 0 Å². The summed E-state index contributed by atoms with van der Waals surface area (Å²) in [6.45, 7) is 6.10. The summed E-state index contributed by atoms with van der Waals surface area (Å²) in [5.74, 6) is 2.00. The summed E-state index contributed by atoms with van der Waals surface area (Å²) in [6, 6.07) is 17.6. The van der Waals surface area contributed by atoms with Crippen molar-refractivity contribution >= 4 is 16.9 Å². The lowest BCUT2D eigenvalue weighted by Gasteiger charge is -2.13. The molecule has 4 aromatic rings. The van der Waals surface area contributed by atoms with Gasteiger partial charge < -0.3 is 19.0 Å². The molecule has 1 N–H and O–H groups in total. The van der Waals surface area contributed by atoms with Crippen LogP contribution >= 0.6 is 0 Å². The van der Waals surface area contributed by atoms with Crippen molar-refractivity contribution in [3.63, 3.8) is 0 Å². The van der Waals surface area contributed by atoms with Crippen LogP contribution in [-0.4, -0.2) is 28.6 Å². The Balaban J connectivity index is 1.39. The number of ether oxygens (including phenoxy) is 1. The Morgan fingerprint density at radius 2 is 1.97 bits per heavy atom. The van der Waals surface area contributed by atoms with Gasteiger partial charge in [0.25, 0.3) is 5.91 Å². The number of furan rings is 1. The minimum absolute atomic E-state index is 0.213. The van der Waals surface area contributed by atoms with Gasteiger partial charge in [-0.1, -0.05) is 24.3 Å². The molecule has 6 nitrogen and oxygen atoms in total. The number of amides is 1. The van der Waals surface area contributed by atoms with E-state index in [1.54, 1.807) is 12.1 Å². The first-order valence-corrected chi connectivity index (χ1v) is 10.6. The quantitative estimate of drug-likeness (QED) is 0.401. The maximum absolute atomic E-state index is 12.1. The number of imidazole rings is 1. The van der Waals surface area contributed by atoms with Crippen molar-refractivity contribution in [2.75, 3.05) is 13.2 Å². The van der Waals surface area contributed by atoms with Gasteiger partial charge in [0.05, 0.1) is 23.9 Å². The number of para-hydroxylation sites is 2. The van der Waals surface area contributed by atoms with Crippen molar-refractivity contribution in [1.82, 2.24) is 14.9 Å². The molecule has 1 amide bonds. The predicted molar refractivity (Wildman–Crippen MR) is 121 cm³/mol. The van der Waals surface area contributed by atoms with Gasteiger partial charge in [0, 0.05) is 19.5 Å². The average molecular weight is 418 g/mol. The zero-order valence-corrected chi connectivity index (χ0v) is 17.9. The number of carbonyl (C=O) groups excluding carboxylic acids is 1. The van der Waals surface area contributed by atoms with Gasteiger partial charge in [0.1, 0.15) is 11.6 Å². The minimum Gasteiger partial charge on any atom is -0.493 e. The first-order chi connectivity index (χ1) is 15.1. The molecule has 0 aliphatic rings. The Morgan fingerprint density at radius 1 is 1.10 bits per heavy atom. The largest absolute Gasteiger partial charge is 0.493 e. The molecule has 0 fully saturated rings. The summed E-state index contributed by atoms with van der Waals surface area (Å²) >= 11 is 0. The molecule has 4 rings (SSSR count). The summed E-state index contributed by atoms with van der Waals surface area (Å²) in [6.07, 6.45) is 2.99.